The number of rotatable bonds is 11. The zero-order chi connectivity index (χ0) is 19.5. The number of hydrogen-bond donors (Lipinski definition) is 1. The number of carbonyl (C=O) groups is 2. The molecule has 2 rings (SSSR count). The Labute approximate surface area is 164 Å². The van der Waals surface area contributed by atoms with Crippen LogP contribution in [0.3, 0.4) is 0 Å². The summed E-state index contributed by atoms with van der Waals surface area (Å²) in [4.78, 5) is 23.1. The molecule has 0 radical (unpaired) electrons. The maximum absolute atomic E-state index is 12.0. The molecule has 1 N–H and O–H groups in total. The van der Waals surface area contributed by atoms with E-state index in [-0.39, 0.29) is 24.3 Å². The van der Waals surface area contributed by atoms with Crippen LogP contribution in [-0.4, -0.2) is 36.7 Å². The van der Waals surface area contributed by atoms with Crippen molar-refractivity contribution in [1.82, 2.24) is 0 Å². The van der Waals surface area contributed by atoms with Crippen molar-refractivity contribution in [3.05, 3.63) is 52.8 Å². The molecule has 5 nitrogen and oxygen atoms in total. The summed E-state index contributed by atoms with van der Waals surface area (Å²) >= 11 is 1.54. The number of aliphatic hydroxyl groups excluding tert-OH is 1. The normalized spacial score (nSPS) is 19.1. The molecule has 27 heavy (non-hydrogen) atoms. The standard InChI is InChI=1S/C21H26O5S/c1-25-21(24)7-5-3-2-4-6-16-8-11-20(23)19(16)10-9-17(22)14-26-18-12-13-27-15-18/h2,4,8,10-13,15-17,22H,3,5-7,9,14H2,1H3/b4-2-,19-10+. The van der Waals surface area contributed by atoms with E-state index in [1.165, 1.54) is 18.4 Å². The molecule has 6 heteroatoms. The van der Waals surface area contributed by atoms with E-state index in [9.17, 15) is 14.7 Å². The first-order valence-electron chi connectivity index (χ1n) is 9.07. The second-order valence-corrected chi connectivity index (χ2v) is 7.10. The molecular formula is C21H26O5S. The highest BCUT2D eigenvalue weighted by atomic mass is 32.1. The Morgan fingerprint density at radius 2 is 2.26 bits per heavy atom. The van der Waals surface area contributed by atoms with Gasteiger partial charge in [0.15, 0.2) is 5.78 Å². The highest BCUT2D eigenvalue weighted by molar-refractivity contribution is 7.08. The molecule has 146 valence electrons. The number of ketones is 1. The third-order valence-corrected chi connectivity index (χ3v) is 4.91. The Bertz CT molecular complexity index is 687. The van der Waals surface area contributed by atoms with Crippen molar-refractivity contribution in [3.63, 3.8) is 0 Å². The number of ether oxygens (including phenoxy) is 2. The summed E-state index contributed by atoms with van der Waals surface area (Å²) in [5, 5.41) is 13.9. The summed E-state index contributed by atoms with van der Waals surface area (Å²) in [5.41, 5.74) is 0.726. The Balaban J connectivity index is 1.74. The zero-order valence-electron chi connectivity index (χ0n) is 15.5. The number of hydrogen-bond acceptors (Lipinski definition) is 6. The molecule has 0 bridgehead atoms. The van der Waals surface area contributed by atoms with E-state index in [2.05, 4.69) is 4.74 Å². The Morgan fingerprint density at radius 3 is 3.00 bits per heavy atom. The first kappa shape index (κ1) is 21.1. The lowest BCUT2D eigenvalue weighted by atomic mass is 9.96. The van der Waals surface area contributed by atoms with Crippen LogP contribution in [0.4, 0.5) is 0 Å². The minimum absolute atomic E-state index is 0.00467. The maximum atomic E-state index is 12.0. The van der Waals surface area contributed by atoms with Crippen LogP contribution in [0.1, 0.15) is 32.1 Å². The largest absolute Gasteiger partial charge is 0.490 e. The van der Waals surface area contributed by atoms with Crippen molar-refractivity contribution in [2.75, 3.05) is 13.7 Å². The van der Waals surface area contributed by atoms with Crippen LogP contribution in [0, 0.1) is 5.92 Å². The molecule has 0 saturated heterocycles. The molecule has 0 aromatic carbocycles. The highest BCUT2D eigenvalue weighted by Gasteiger charge is 2.22. The van der Waals surface area contributed by atoms with Crippen LogP contribution in [0.5, 0.6) is 5.75 Å². The predicted molar refractivity (Wildman–Crippen MR) is 106 cm³/mol. The van der Waals surface area contributed by atoms with E-state index in [4.69, 9.17) is 4.74 Å². The van der Waals surface area contributed by atoms with Gasteiger partial charge in [0.25, 0.3) is 0 Å². The quantitative estimate of drug-likeness (QED) is 0.269. The van der Waals surface area contributed by atoms with Gasteiger partial charge in [-0.2, -0.15) is 0 Å². The molecule has 0 amide bonds. The first-order valence-corrected chi connectivity index (χ1v) is 10.0. The summed E-state index contributed by atoms with van der Waals surface area (Å²) < 4.78 is 10.1. The SMILES string of the molecule is COC(=O)CCC/C=C\CC1C=CC(=O)/C1=C/CC(O)COc1ccsc1. The molecular weight excluding hydrogens is 364 g/mol. The number of esters is 1. The van der Waals surface area contributed by atoms with Gasteiger partial charge in [0.2, 0.25) is 0 Å². The van der Waals surface area contributed by atoms with Gasteiger partial charge < -0.3 is 14.6 Å². The van der Waals surface area contributed by atoms with E-state index in [1.807, 2.05) is 41.1 Å². The van der Waals surface area contributed by atoms with Crippen LogP contribution in [0.25, 0.3) is 0 Å². The van der Waals surface area contributed by atoms with Gasteiger partial charge in [-0.3, -0.25) is 9.59 Å². The van der Waals surface area contributed by atoms with E-state index in [1.54, 1.807) is 6.08 Å². The van der Waals surface area contributed by atoms with Gasteiger partial charge in [-0.15, -0.1) is 11.3 Å². The summed E-state index contributed by atoms with van der Waals surface area (Å²) in [6.07, 6.45) is 11.8. The molecule has 0 saturated carbocycles. The van der Waals surface area contributed by atoms with Gasteiger partial charge in [0, 0.05) is 23.3 Å². The first-order chi connectivity index (χ1) is 13.1. The average molecular weight is 391 g/mol. The summed E-state index contributed by atoms with van der Waals surface area (Å²) in [6, 6.07) is 1.85. The Kier molecular flexibility index (Phi) is 9.01. The third kappa shape index (κ3) is 7.53. The van der Waals surface area contributed by atoms with Crippen LogP contribution >= 0.6 is 11.3 Å². The van der Waals surface area contributed by atoms with Crippen molar-refractivity contribution < 1.29 is 24.2 Å². The molecule has 1 heterocycles. The van der Waals surface area contributed by atoms with Gasteiger partial charge in [-0.1, -0.05) is 24.3 Å². The Morgan fingerprint density at radius 1 is 1.41 bits per heavy atom. The van der Waals surface area contributed by atoms with Gasteiger partial charge in [0.05, 0.1) is 13.2 Å². The second kappa shape index (κ2) is 11.5. The number of allylic oxidation sites excluding steroid dienone is 5. The van der Waals surface area contributed by atoms with Crippen molar-refractivity contribution in [1.29, 1.82) is 0 Å². The van der Waals surface area contributed by atoms with Crippen LogP contribution < -0.4 is 4.74 Å². The van der Waals surface area contributed by atoms with Crippen molar-refractivity contribution in [3.8, 4) is 5.75 Å². The van der Waals surface area contributed by atoms with E-state index >= 15 is 0 Å². The molecule has 2 unspecified atom stereocenters. The Hall–Kier alpha value is -2.18. The molecule has 1 aliphatic rings. The lowest BCUT2D eigenvalue weighted by Crippen LogP contribution is -2.17. The zero-order valence-corrected chi connectivity index (χ0v) is 16.3. The molecule has 0 fully saturated rings. The number of thiophene rings is 1. The minimum Gasteiger partial charge on any atom is -0.490 e. The fraction of sp³-hybridized carbons (Fsp3) is 0.429. The van der Waals surface area contributed by atoms with E-state index in [0.29, 0.717) is 12.8 Å². The maximum Gasteiger partial charge on any atom is 0.305 e. The van der Waals surface area contributed by atoms with Crippen LogP contribution in [0.15, 0.2) is 52.8 Å². The van der Waals surface area contributed by atoms with Crippen LogP contribution in [0.2, 0.25) is 0 Å². The van der Waals surface area contributed by atoms with Crippen molar-refractivity contribution in [2.45, 2.75) is 38.2 Å². The van der Waals surface area contributed by atoms with Gasteiger partial charge in [0.1, 0.15) is 12.4 Å². The predicted octanol–water partition coefficient (Wildman–Crippen LogP) is 3.85. The molecule has 1 aromatic heterocycles. The average Bonchev–Trinajstić information content (AvgIpc) is 3.31. The summed E-state index contributed by atoms with van der Waals surface area (Å²) in [5.74, 6) is 0.601. The van der Waals surface area contributed by atoms with Crippen molar-refractivity contribution >= 4 is 23.1 Å². The second-order valence-electron chi connectivity index (χ2n) is 6.32. The monoisotopic (exact) mass is 390 g/mol. The molecule has 2 atom stereocenters. The van der Waals surface area contributed by atoms with Crippen molar-refractivity contribution in [2.24, 2.45) is 5.92 Å². The third-order valence-electron chi connectivity index (χ3n) is 4.25. The molecule has 0 aliphatic heterocycles. The molecule has 0 spiro atoms. The minimum atomic E-state index is -0.652. The van der Waals surface area contributed by atoms with Gasteiger partial charge in [-0.05, 0) is 43.2 Å². The number of aliphatic hydroxyl groups is 1. The van der Waals surface area contributed by atoms with Gasteiger partial charge >= 0.3 is 5.97 Å². The lowest BCUT2D eigenvalue weighted by molar-refractivity contribution is -0.140. The number of methoxy groups -OCH3 is 1. The van der Waals surface area contributed by atoms with E-state index < -0.39 is 6.10 Å². The summed E-state index contributed by atoms with van der Waals surface area (Å²) in [6.45, 7) is 0.201. The lowest BCUT2D eigenvalue weighted by Gasteiger charge is -2.11. The van der Waals surface area contributed by atoms with Crippen LogP contribution in [-0.2, 0) is 14.3 Å². The van der Waals surface area contributed by atoms with Gasteiger partial charge in [-0.25, -0.2) is 0 Å². The molecule has 1 aromatic rings. The smallest absolute Gasteiger partial charge is 0.305 e. The molecule has 1 aliphatic carbocycles. The highest BCUT2D eigenvalue weighted by Crippen LogP contribution is 2.26. The fourth-order valence-corrected chi connectivity index (χ4v) is 3.30. The number of unbranched alkanes of at least 4 members (excludes halogenated alkanes) is 1. The number of carbonyl (C=O) groups excluding carboxylic acids is 2. The summed E-state index contributed by atoms with van der Waals surface area (Å²) in [7, 11) is 1.39. The van der Waals surface area contributed by atoms with E-state index in [0.717, 1.165) is 30.6 Å². The fourth-order valence-electron chi connectivity index (χ4n) is 2.73. The topological polar surface area (TPSA) is 72.8 Å².